The third kappa shape index (κ3) is 3.15. The number of nitrogens with one attached hydrogen (secondary N) is 1. The molecule has 0 radical (unpaired) electrons. The van der Waals surface area contributed by atoms with E-state index in [1.54, 1.807) is 6.20 Å². The molecule has 0 amide bonds. The molecule has 0 fully saturated rings. The SMILES string of the molecule is NC(Cc1cnc[nH]1)C(=O)O.[Mo]. The average molecular weight is 251 g/mol. The number of hydrogen-bond donors (Lipinski definition) is 3. The van der Waals surface area contributed by atoms with Crippen LogP contribution in [0.1, 0.15) is 5.69 Å². The first-order valence-electron chi connectivity index (χ1n) is 3.16. The normalized spacial score (nSPS) is 11.8. The summed E-state index contributed by atoms with van der Waals surface area (Å²) >= 11 is 0. The molecule has 0 aliphatic rings. The van der Waals surface area contributed by atoms with Gasteiger partial charge in [0.1, 0.15) is 6.04 Å². The van der Waals surface area contributed by atoms with Crippen molar-refractivity contribution in [3.8, 4) is 0 Å². The molecule has 66 valence electrons. The van der Waals surface area contributed by atoms with Gasteiger partial charge in [0.05, 0.1) is 6.33 Å². The summed E-state index contributed by atoms with van der Waals surface area (Å²) in [6.07, 6.45) is 3.34. The Morgan fingerprint density at radius 2 is 2.50 bits per heavy atom. The first kappa shape index (κ1) is 11.3. The molecule has 0 saturated heterocycles. The Morgan fingerprint density at radius 1 is 1.83 bits per heavy atom. The zero-order chi connectivity index (χ0) is 8.27. The molecule has 1 unspecified atom stereocenters. The zero-order valence-corrected chi connectivity index (χ0v) is 8.23. The molecule has 0 aliphatic heterocycles. The average Bonchev–Trinajstić information content (AvgIpc) is 2.39. The summed E-state index contributed by atoms with van der Waals surface area (Å²) in [5.41, 5.74) is 6.00. The van der Waals surface area contributed by atoms with E-state index in [-0.39, 0.29) is 27.5 Å². The van der Waals surface area contributed by atoms with E-state index in [0.717, 1.165) is 5.69 Å². The first-order chi connectivity index (χ1) is 5.20. The van der Waals surface area contributed by atoms with Gasteiger partial charge in [-0.1, -0.05) is 0 Å². The maximum absolute atomic E-state index is 10.3. The minimum absolute atomic E-state index is 0. The smallest absolute Gasteiger partial charge is 0.320 e. The zero-order valence-electron chi connectivity index (χ0n) is 6.23. The summed E-state index contributed by atoms with van der Waals surface area (Å²) in [4.78, 5) is 16.8. The summed E-state index contributed by atoms with van der Waals surface area (Å²) in [6, 6.07) is -0.851. The van der Waals surface area contributed by atoms with E-state index < -0.39 is 12.0 Å². The van der Waals surface area contributed by atoms with Crippen molar-refractivity contribution in [1.82, 2.24) is 9.97 Å². The molecule has 0 aromatic carbocycles. The van der Waals surface area contributed by atoms with Crippen molar-refractivity contribution >= 4 is 5.97 Å². The van der Waals surface area contributed by atoms with Gasteiger partial charge in [-0.3, -0.25) is 4.79 Å². The van der Waals surface area contributed by atoms with Crippen molar-refractivity contribution in [2.24, 2.45) is 5.73 Å². The molecule has 1 aromatic heterocycles. The molecule has 1 atom stereocenters. The Morgan fingerprint density at radius 3 is 2.92 bits per heavy atom. The number of nitrogens with two attached hydrogens (primary N) is 1. The number of aromatic amines is 1. The number of rotatable bonds is 3. The molecular weight excluding hydrogens is 242 g/mol. The Kier molecular flexibility index (Phi) is 4.78. The molecule has 1 aromatic rings. The molecule has 12 heavy (non-hydrogen) atoms. The molecule has 1 heterocycles. The Labute approximate surface area is 83.6 Å². The number of aliphatic carboxylic acids is 1. The Balaban J connectivity index is 0.00000121. The first-order valence-corrected chi connectivity index (χ1v) is 3.16. The second kappa shape index (κ2) is 5.06. The van der Waals surface area contributed by atoms with Crippen LogP contribution in [0.3, 0.4) is 0 Å². The van der Waals surface area contributed by atoms with E-state index in [9.17, 15) is 4.79 Å². The molecule has 0 spiro atoms. The molecule has 6 heteroatoms. The van der Waals surface area contributed by atoms with Crippen molar-refractivity contribution < 1.29 is 31.0 Å². The predicted molar refractivity (Wildman–Crippen MR) is 37.9 cm³/mol. The molecule has 5 nitrogen and oxygen atoms in total. The van der Waals surface area contributed by atoms with Gasteiger partial charge in [-0.25, -0.2) is 4.98 Å². The van der Waals surface area contributed by atoms with Crippen molar-refractivity contribution in [2.75, 3.05) is 0 Å². The summed E-state index contributed by atoms with van der Waals surface area (Å²) in [6.45, 7) is 0. The van der Waals surface area contributed by atoms with Crippen LogP contribution in [0.25, 0.3) is 0 Å². The maximum atomic E-state index is 10.3. The van der Waals surface area contributed by atoms with Crippen LogP contribution in [0.2, 0.25) is 0 Å². The summed E-state index contributed by atoms with van der Waals surface area (Å²) in [7, 11) is 0. The minimum atomic E-state index is -1.00. The number of imidazole rings is 1. The molecule has 0 aliphatic carbocycles. The van der Waals surface area contributed by atoms with Crippen LogP contribution < -0.4 is 5.73 Å². The van der Waals surface area contributed by atoms with Gasteiger partial charge in [0.2, 0.25) is 0 Å². The van der Waals surface area contributed by atoms with E-state index >= 15 is 0 Å². The molecular formula is C6H9MoN3O2. The maximum Gasteiger partial charge on any atom is 0.320 e. The van der Waals surface area contributed by atoms with Crippen LogP contribution in [-0.4, -0.2) is 27.1 Å². The van der Waals surface area contributed by atoms with E-state index in [1.165, 1.54) is 6.33 Å². The number of aromatic nitrogens is 2. The van der Waals surface area contributed by atoms with Crippen LogP contribution in [0.5, 0.6) is 0 Å². The molecule has 0 bridgehead atoms. The second-order valence-corrected chi connectivity index (χ2v) is 2.23. The van der Waals surface area contributed by atoms with E-state index in [1.807, 2.05) is 0 Å². The van der Waals surface area contributed by atoms with Gasteiger partial charge in [-0.15, -0.1) is 0 Å². The van der Waals surface area contributed by atoms with E-state index in [0.29, 0.717) is 0 Å². The summed E-state index contributed by atoms with van der Waals surface area (Å²) in [5, 5.41) is 8.42. The van der Waals surface area contributed by atoms with Gasteiger partial charge in [-0.2, -0.15) is 0 Å². The third-order valence-electron chi connectivity index (χ3n) is 1.31. The van der Waals surface area contributed by atoms with Gasteiger partial charge in [0, 0.05) is 39.4 Å². The number of carbonyl (C=O) groups is 1. The van der Waals surface area contributed by atoms with Crippen LogP contribution in [0.15, 0.2) is 12.5 Å². The number of nitrogens with zero attached hydrogens (tertiary/aromatic N) is 1. The van der Waals surface area contributed by atoms with Crippen molar-refractivity contribution in [1.29, 1.82) is 0 Å². The second-order valence-electron chi connectivity index (χ2n) is 2.23. The fourth-order valence-corrected chi connectivity index (χ4v) is 0.721. The van der Waals surface area contributed by atoms with Crippen molar-refractivity contribution in [3.63, 3.8) is 0 Å². The fraction of sp³-hybridized carbons (Fsp3) is 0.333. The molecule has 4 N–H and O–H groups in total. The van der Waals surface area contributed by atoms with Gasteiger partial charge in [0.25, 0.3) is 0 Å². The standard InChI is InChI=1S/C6H9N3O2.Mo/c7-5(6(10)11)1-4-2-8-3-9-4;/h2-3,5H,1,7H2,(H,8,9)(H,10,11);. The minimum Gasteiger partial charge on any atom is -0.480 e. The van der Waals surface area contributed by atoms with Gasteiger partial charge in [-0.05, 0) is 0 Å². The van der Waals surface area contributed by atoms with E-state index in [4.69, 9.17) is 10.8 Å². The molecule has 1 rings (SSSR count). The monoisotopic (exact) mass is 253 g/mol. The van der Waals surface area contributed by atoms with Gasteiger partial charge < -0.3 is 15.8 Å². The quantitative estimate of drug-likeness (QED) is 0.623. The summed E-state index contributed by atoms with van der Waals surface area (Å²) < 4.78 is 0. The largest absolute Gasteiger partial charge is 0.480 e. The van der Waals surface area contributed by atoms with Crippen LogP contribution in [0, 0.1) is 0 Å². The number of H-pyrrole nitrogens is 1. The number of carboxylic acids is 1. The predicted octanol–water partition coefficient (Wildman–Crippen LogP) is -0.638. The Bertz CT molecular complexity index is 237. The summed E-state index contributed by atoms with van der Waals surface area (Å²) in [5.74, 6) is -1.00. The van der Waals surface area contributed by atoms with Gasteiger partial charge in [0.15, 0.2) is 0 Å². The molecule has 0 saturated carbocycles. The van der Waals surface area contributed by atoms with Crippen LogP contribution >= 0.6 is 0 Å². The third-order valence-corrected chi connectivity index (χ3v) is 1.31. The Hall–Kier alpha value is -0.672. The fourth-order valence-electron chi connectivity index (χ4n) is 0.721. The number of hydrogen-bond acceptors (Lipinski definition) is 3. The van der Waals surface area contributed by atoms with Gasteiger partial charge >= 0.3 is 5.97 Å². The van der Waals surface area contributed by atoms with Crippen LogP contribution in [-0.2, 0) is 32.3 Å². The van der Waals surface area contributed by atoms with Crippen molar-refractivity contribution in [2.45, 2.75) is 12.5 Å². The van der Waals surface area contributed by atoms with E-state index in [2.05, 4.69) is 9.97 Å². The van der Waals surface area contributed by atoms with Crippen LogP contribution in [0.4, 0.5) is 0 Å². The number of carboxylic acid groups (broad SMARTS) is 1. The topological polar surface area (TPSA) is 92.0 Å². The van der Waals surface area contributed by atoms with Crippen molar-refractivity contribution in [3.05, 3.63) is 18.2 Å².